The van der Waals surface area contributed by atoms with Gasteiger partial charge in [-0.25, -0.2) is 0 Å². The number of halogens is 1. The third-order valence-electron chi connectivity index (χ3n) is 4.70. The summed E-state index contributed by atoms with van der Waals surface area (Å²) >= 11 is 6.06. The maximum absolute atomic E-state index is 12.9. The number of nitrogens with one attached hydrogen (secondary N) is 1. The van der Waals surface area contributed by atoms with Crippen LogP contribution in [0.15, 0.2) is 54.6 Å². The minimum Gasteiger partial charge on any atom is -0.490 e. The molecule has 1 fully saturated rings. The number of carbonyl (C=O) groups is 1. The molecule has 0 unspecified atom stereocenters. The molecule has 0 aromatic heterocycles. The van der Waals surface area contributed by atoms with Gasteiger partial charge < -0.3 is 10.1 Å². The molecular weight excluding hydrogens is 322 g/mol. The van der Waals surface area contributed by atoms with Gasteiger partial charge in [0, 0.05) is 0 Å². The van der Waals surface area contributed by atoms with E-state index >= 15 is 0 Å². The summed E-state index contributed by atoms with van der Waals surface area (Å²) < 4.78 is 5.64. The molecule has 1 aliphatic carbocycles. The Balaban J connectivity index is 1.58. The zero-order chi connectivity index (χ0) is 16.8. The molecule has 0 spiro atoms. The van der Waals surface area contributed by atoms with Gasteiger partial charge in [-0.3, -0.25) is 4.79 Å². The molecule has 126 valence electrons. The predicted molar refractivity (Wildman–Crippen MR) is 96.5 cm³/mol. The monoisotopic (exact) mass is 343 g/mol. The SMILES string of the molecule is O=C(NCCOc1ccccc1Cl)C1(c2ccccc2)CCCC1. The summed E-state index contributed by atoms with van der Waals surface area (Å²) in [5.41, 5.74) is 0.734. The molecule has 2 aromatic rings. The highest BCUT2D eigenvalue weighted by molar-refractivity contribution is 6.32. The van der Waals surface area contributed by atoms with Crippen LogP contribution >= 0.6 is 11.6 Å². The third kappa shape index (κ3) is 3.57. The van der Waals surface area contributed by atoms with E-state index in [0.717, 1.165) is 31.2 Å². The van der Waals surface area contributed by atoms with Crippen molar-refractivity contribution in [1.82, 2.24) is 5.32 Å². The third-order valence-corrected chi connectivity index (χ3v) is 5.01. The van der Waals surface area contributed by atoms with Crippen molar-refractivity contribution >= 4 is 17.5 Å². The van der Waals surface area contributed by atoms with Crippen molar-refractivity contribution in [3.8, 4) is 5.75 Å². The number of hydrogen-bond donors (Lipinski definition) is 1. The number of hydrogen-bond acceptors (Lipinski definition) is 2. The van der Waals surface area contributed by atoms with Gasteiger partial charge in [0.2, 0.25) is 5.91 Å². The molecule has 1 N–H and O–H groups in total. The van der Waals surface area contributed by atoms with Crippen LogP contribution in [0.2, 0.25) is 5.02 Å². The van der Waals surface area contributed by atoms with Crippen molar-refractivity contribution in [1.29, 1.82) is 0 Å². The van der Waals surface area contributed by atoms with E-state index in [2.05, 4.69) is 17.4 Å². The Labute approximate surface area is 148 Å². The van der Waals surface area contributed by atoms with Crippen LogP contribution in [0.4, 0.5) is 0 Å². The quantitative estimate of drug-likeness (QED) is 0.792. The number of rotatable bonds is 6. The highest BCUT2D eigenvalue weighted by Gasteiger charge is 2.42. The maximum Gasteiger partial charge on any atom is 0.230 e. The van der Waals surface area contributed by atoms with Crippen LogP contribution in [0.3, 0.4) is 0 Å². The second-order valence-electron chi connectivity index (χ2n) is 6.19. The van der Waals surface area contributed by atoms with E-state index in [4.69, 9.17) is 16.3 Å². The van der Waals surface area contributed by atoms with Crippen LogP contribution in [0.5, 0.6) is 5.75 Å². The lowest BCUT2D eigenvalue weighted by molar-refractivity contribution is -0.126. The second kappa shape index (κ2) is 7.71. The molecule has 1 aliphatic rings. The molecule has 0 atom stereocenters. The van der Waals surface area contributed by atoms with E-state index in [0.29, 0.717) is 23.9 Å². The zero-order valence-electron chi connectivity index (χ0n) is 13.6. The molecule has 0 bridgehead atoms. The molecule has 24 heavy (non-hydrogen) atoms. The predicted octanol–water partition coefficient (Wildman–Crippen LogP) is 4.35. The summed E-state index contributed by atoms with van der Waals surface area (Å²) in [6, 6.07) is 17.5. The minimum atomic E-state index is -0.383. The Hall–Kier alpha value is -2.00. The Kier molecular flexibility index (Phi) is 5.41. The van der Waals surface area contributed by atoms with Gasteiger partial charge >= 0.3 is 0 Å². The molecule has 0 radical (unpaired) electrons. The van der Waals surface area contributed by atoms with Crippen molar-refractivity contribution < 1.29 is 9.53 Å². The first-order valence-electron chi connectivity index (χ1n) is 8.43. The van der Waals surface area contributed by atoms with Crippen LogP contribution in [0.1, 0.15) is 31.2 Å². The van der Waals surface area contributed by atoms with Crippen molar-refractivity contribution in [2.24, 2.45) is 0 Å². The number of ether oxygens (including phenoxy) is 1. The van der Waals surface area contributed by atoms with Gasteiger partial charge in [-0.2, -0.15) is 0 Å². The summed E-state index contributed by atoms with van der Waals surface area (Å²) in [7, 11) is 0. The fraction of sp³-hybridized carbons (Fsp3) is 0.350. The number of para-hydroxylation sites is 1. The highest BCUT2D eigenvalue weighted by Crippen LogP contribution is 2.41. The van der Waals surface area contributed by atoms with Crippen LogP contribution in [0, 0.1) is 0 Å². The van der Waals surface area contributed by atoms with Crippen LogP contribution in [-0.4, -0.2) is 19.1 Å². The molecule has 1 amide bonds. The van der Waals surface area contributed by atoms with Crippen LogP contribution < -0.4 is 10.1 Å². The maximum atomic E-state index is 12.9. The minimum absolute atomic E-state index is 0.106. The van der Waals surface area contributed by atoms with Gasteiger partial charge in [-0.1, -0.05) is 66.9 Å². The Morgan fingerprint density at radius 1 is 1.04 bits per heavy atom. The molecular formula is C20H22ClNO2. The number of carbonyl (C=O) groups excluding carboxylic acids is 1. The first-order chi connectivity index (χ1) is 11.7. The van der Waals surface area contributed by atoms with Crippen molar-refractivity contribution in [2.75, 3.05) is 13.2 Å². The lowest BCUT2D eigenvalue weighted by Gasteiger charge is -2.28. The molecule has 0 saturated heterocycles. The summed E-state index contributed by atoms with van der Waals surface area (Å²) in [6.45, 7) is 0.874. The van der Waals surface area contributed by atoms with Crippen LogP contribution in [-0.2, 0) is 10.2 Å². The Bertz CT molecular complexity index is 681. The van der Waals surface area contributed by atoms with E-state index in [1.54, 1.807) is 6.07 Å². The topological polar surface area (TPSA) is 38.3 Å². The fourth-order valence-electron chi connectivity index (χ4n) is 3.44. The van der Waals surface area contributed by atoms with Gasteiger partial charge in [0.25, 0.3) is 0 Å². The molecule has 2 aromatic carbocycles. The lowest BCUT2D eigenvalue weighted by Crippen LogP contribution is -2.43. The molecule has 4 heteroatoms. The largest absolute Gasteiger partial charge is 0.490 e. The van der Waals surface area contributed by atoms with E-state index in [-0.39, 0.29) is 11.3 Å². The Morgan fingerprint density at radius 3 is 2.42 bits per heavy atom. The average molecular weight is 344 g/mol. The summed E-state index contributed by atoms with van der Waals surface area (Å²) in [5, 5.41) is 3.63. The first-order valence-corrected chi connectivity index (χ1v) is 8.81. The van der Waals surface area contributed by atoms with Crippen molar-refractivity contribution in [3.05, 3.63) is 65.2 Å². The molecule has 3 nitrogen and oxygen atoms in total. The average Bonchev–Trinajstić information content (AvgIpc) is 3.12. The van der Waals surface area contributed by atoms with E-state index in [9.17, 15) is 4.79 Å². The Morgan fingerprint density at radius 2 is 1.71 bits per heavy atom. The standard InChI is InChI=1S/C20H22ClNO2/c21-17-10-4-5-11-18(17)24-15-14-22-19(23)20(12-6-7-13-20)16-8-2-1-3-9-16/h1-5,8-11H,6-7,12-15H2,(H,22,23). The first kappa shape index (κ1) is 16.8. The molecule has 0 heterocycles. The van der Waals surface area contributed by atoms with Gasteiger partial charge in [0.1, 0.15) is 12.4 Å². The summed E-state index contributed by atoms with van der Waals surface area (Å²) in [6.07, 6.45) is 4.01. The number of benzene rings is 2. The normalized spacial score (nSPS) is 15.9. The van der Waals surface area contributed by atoms with Gasteiger partial charge in [0.15, 0.2) is 0 Å². The second-order valence-corrected chi connectivity index (χ2v) is 6.60. The van der Waals surface area contributed by atoms with Crippen molar-refractivity contribution in [2.45, 2.75) is 31.1 Å². The van der Waals surface area contributed by atoms with Gasteiger partial charge in [-0.05, 0) is 30.5 Å². The molecule has 0 aliphatic heterocycles. The zero-order valence-corrected chi connectivity index (χ0v) is 14.4. The smallest absolute Gasteiger partial charge is 0.230 e. The fourth-order valence-corrected chi connectivity index (χ4v) is 3.63. The molecule has 1 saturated carbocycles. The lowest BCUT2D eigenvalue weighted by atomic mass is 9.78. The summed E-state index contributed by atoms with van der Waals surface area (Å²) in [5.74, 6) is 0.751. The van der Waals surface area contributed by atoms with Crippen molar-refractivity contribution in [3.63, 3.8) is 0 Å². The highest BCUT2D eigenvalue weighted by atomic mass is 35.5. The number of amides is 1. The molecule has 3 rings (SSSR count). The van der Waals surface area contributed by atoms with Gasteiger partial charge in [0.05, 0.1) is 17.0 Å². The van der Waals surface area contributed by atoms with E-state index in [1.165, 1.54) is 0 Å². The van der Waals surface area contributed by atoms with E-state index in [1.807, 2.05) is 36.4 Å². The van der Waals surface area contributed by atoms with E-state index < -0.39 is 0 Å². The summed E-state index contributed by atoms with van der Waals surface area (Å²) in [4.78, 5) is 12.9. The van der Waals surface area contributed by atoms with Gasteiger partial charge in [-0.15, -0.1) is 0 Å². The van der Waals surface area contributed by atoms with Crippen LogP contribution in [0.25, 0.3) is 0 Å².